The van der Waals surface area contributed by atoms with Crippen molar-refractivity contribution >= 4 is 5.57 Å². The van der Waals surface area contributed by atoms with Crippen LogP contribution in [0.1, 0.15) is 37.3 Å². The van der Waals surface area contributed by atoms with E-state index in [-0.39, 0.29) is 0 Å². The molecule has 0 heterocycles. The Balaban J connectivity index is 2.42. The van der Waals surface area contributed by atoms with Gasteiger partial charge in [-0.25, -0.2) is 0 Å². The van der Waals surface area contributed by atoms with Crippen molar-refractivity contribution in [3.8, 4) is 5.75 Å². The Bertz CT molecular complexity index is 377. The Morgan fingerprint density at radius 3 is 2.93 bits per heavy atom. The van der Waals surface area contributed by atoms with Crippen molar-refractivity contribution < 1.29 is 4.74 Å². The molecule has 2 rings (SSSR count). The van der Waals surface area contributed by atoms with E-state index in [4.69, 9.17) is 4.74 Å². The van der Waals surface area contributed by atoms with Gasteiger partial charge in [0.2, 0.25) is 0 Å². The molecule has 0 aliphatic heterocycles. The van der Waals surface area contributed by atoms with Crippen LogP contribution < -0.4 is 4.74 Å². The molecule has 0 aromatic heterocycles. The number of rotatable bonds is 3. The molecule has 0 saturated carbocycles. The van der Waals surface area contributed by atoms with Gasteiger partial charge < -0.3 is 4.74 Å². The molecule has 1 aromatic rings. The standard InChI is InChI=1S/C14H18O/c1-3-6-11-7-4-9-13-12(11)8-5-10-14(13)15-2/h5,7-8,10H,3-4,6,9H2,1-2H3. The molecule has 0 bridgehead atoms. The number of hydrogen-bond donors (Lipinski definition) is 0. The van der Waals surface area contributed by atoms with Crippen LogP contribution in [-0.4, -0.2) is 7.11 Å². The molecule has 0 unspecified atom stereocenters. The summed E-state index contributed by atoms with van der Waals surface area (Å²) in [4.78, 5) is 0. The van der Waals surface area contributed by atoms with E-state index in [9.17, 15) is 0 Å². The molecular weight excluding hydrogens is 184 g/mol. The smallest absolute Gasteiger partial charge is 0.122 e. The summed E-state index contributed by atoms with van der Waals surface area (Å²) in [5.41, 5.74) is 4.30. The molecule has 0 atom stereocenters. The van der Waals surface area contributed by atoms with Gasteiger partial charge in [-0.05, 0) is 36.5 Å². The van der Waals surface area contributed by atoms with Crippen molar-refractivity contribution in [3.63, 3.8) is 0 Å². The fourth-order valence-corrected chi connectivity index (χ4v) is 2.32. The summed E-state index contributed by atoms with van der Waals surface area (Å²) in [6.07, 6.45) is 7.04. The van der Waals surface area contributed by atoms with E-state index in [1.54, 1.807) is 7.11 Å². The van der Waals surface area contributed by atoms with E-state index in [1.165, 1.54) is 29.5 Å². The first kappa shape index (κ1) is 10.3. The lowest BCUT2D eigenvalue weighted by atomic mass is 9.88. The first-order chi connectivity index (χ1) is 7.36. The summed E-state index contributed by atoms with van der Waals surface area (Å²) in [5.74, 6) is 1.05. The monoisotopic (exact) mass is 202 g/mol. The van der Waals surface area contributed by atoms with E-state index in [0.29, 0.717) is 0 Å². The van der Waals surface area contributed by atoms with Gasteiger partial charge in [0.15, 0.2) is 0 Å². The summed E-state index contributed by atoms with van der Waals surface area (Å²) < 4.78 is 5.41. The summed E-state index contributed by atoms with van der Waals surface area (Å²) in [6.45, 7) is 2.23. The molecule has 0 fully saturated rings. The number of allylic oxidation sites excluding steroid dienone is 2. The largest absolute Gasteiger partial charge is 0.496 e. The second kappa shape index (κ2) is 4.52. The molecule has 0 N–H and O–H groups in total. The SMILES string of the molecule is CCCC1=CCCc2c(OC)cccc21. The van der Waals surface area contributed by atoms with Crippen LogP contribution in [0, 0.1) is 0 Å². The van der Waals surface area contributed by atoms with E-state index in [2.05, 4.69) is 31.2 Å². The molecule has 1 aliphatic carbocycles. The molecule has 0 spiro atoms. The second-order valence-corrected chi connectivity index (χ2v) is 4.00. The molecule has 1 aliphatic rings. The third-order valence-corrected chi connectivity index (χ3v) is 3.00. The zero-order valence-corrected chi connectivity index (χ0v) is 9.55. The Labute approximate surface area is 91.8 Å². The molecule has 0 saturated heterocycles. The fraction of sp³-hybridized carbons (Fsp3) is 0.429. The summed E-state index contributed by atoms with van der Waals surface area (Å²) >= 11 is 0. The molecule has 0 radical (unpaired) electrons. The number of methoxy groups -OCH3 is 1. The number of hydrogen-bond acceptors (Lipinski definition) is 1. The molecule has 80 valence electrons. The normalized spacial score (nSPS) is 14.4. The van der Waals surface area contributed by atoms with Crippen molar-refractivity contribution in [1.29, 1.82) is 0 Å². The molecule has 1 nitrogen and oxygen atoms in total. The molecule has 0 amide bonds. The van der Waals surface area contributed by atoms with Gasteiger partial charge in [0.1, 0.15) is 5.75 Å². The first-order valence-electron chi connectivity index (χ1n) is 5.72. The van der Waals surface area contributed by atoms with Gasteiger partial charge in [-0.1, -0.05) is 31.6 Å². The van der Waals surface area contributed by atoms with Gasteiger partial charge in [0.05, 0.1) is 7.11 Å². The lowest BCUT2D eigenvalue weighted by Crippen LogP contribution is -2.02. The third-order valence-electron chi connectivity index (χ3n) is 3.00. The van der Waals surface area contributed by atoms with Crippen LogP contribution in [0.2, 0.25) is 0 Å². The average Bonchev–Trinajstić information content (AvgIpc) is 2.29. The predicted octanol–water partition coefficient (Wildman–Crippen LogP) is 3.82. The van der Waals surface area contributed by atoms with Crippen LogP contribution in [0.15, 0.2) is 24.3 Å². The third kappa shape index (κ3) is 1.92. The summed E-state index contributed by atoms with van der Waals surface area (Å²) in [6, 6.07) is 6.37. The van der Waals surface area contributed by atoms with Gasteiger partial charge in [-0.3, -0.25) is 0 Å². The van der Waals surface area contributed by atoms with Crippen LogP contribution in [0.3, 0.4) is 0 Å². The maximum absolute atomic E-state index is 5.41. The molecule has 1 aromatic carbocycles. The lowest BCUT2D eigenvalue weighted by Gasteiger charge is -2.19. The number of benzene rings is 1. The van der Waals surface area contributed by atoms with Gasteiger partial charge >= 0.3 is 0 Å². The highest BCUT2D eigenvalue weighted by Crippen LogP contribution is 2.34. The predicted molar refractivity (Wildman–Crippen MR) is 64.2 cm³/mol. The summed E-state index contributed by atoms with van der Waals surface area (Å²) in [5, 5.41) is 0. The van der Waals surface area contributed by atoms with E-state index in [1.807, 2.05) is 0 Å². The van der Waals surface area contributed by atoms with Gasteiger partial charge in [-0.2, -0.15) is 0 Å². The van der Waals surface area contributed by atoms with Crippen LogP contribution >= 0.6 is 0 Å². The highest BCUT2D eigenvalue weighted by atomic mass is 16.5. The zero-order chi connectivity index (χ0) is 10.7. The first-order valence-corrected chi connectivity index (χ1v) is 5.72. The highest BCUT2D eigenvalue weighted by Gasteiger charge is 2.15. The molecule has 15 heavy (non-hydrogen) atoms. The minimum absolute atomic E-state index is 1.05. The fourth-order valence-electron chi connectivity index (χ4n) is 2.32. The van der Waals surface area contributed by atoms with Gasteiger partial charge in [0.25, 0.3) is 0 Å². The van der Waals surface area contributed by atoms with E-state index < -0.39 is 0 Å². The second-order valence-electron chi connectivity index (χ2n) is 4.00. The van der Waals surface area contributed by atoms with Crippen LogP contribution in [0.25, 0.3) is 5.57 Å². The van der Waals surface area contributed by atoms with Crippen LogP contribution in [0.5, 0.6) is 5.75 Å². The maximum atomic E-state index is 5.41. The molecule has 1 heteroatoms. The Morgan fingerprint density at radius 1 is 1.33 bits per heavy atom. The van der Waals surface area contributed by atoms with Crippen LogP contribution in [-0.2, 0) is 6.42 Å². The summed E-state index contributed by atoms with van der Waals surface area (Å²) in [7, 11) is 1.76. The van der Waals surface area contributed by atoms with Crippen molar-refractivity contribution in [1.82, 2.24) is 0 Å². The number of fused-ring (bicyclic) bond motifs is 1. The van der Waals surface area contributed by atoms with Crippen molar-refractivity contribution in [2.24, 2.45) is 0 Å². The Kier molecular flexibility index (Phi) is 3.10. The van der Waals surface area contributed by atoms with Crippen molar-refractivity contribution in [2.75, 3.05) is 7.11 Å². The zero-order valence-electron chi connectivity index (χ0n) is 9.55. The lowest BCUT2D eigenvalue weighted by molar-refractivity contribution is 0.409. The Hall–Kier alpha value is -1.24. The van der Waals surface area contributed by atoms with E-state index >= 15 is 0 Å². The minimum Gasteiger partial charge on any atom is -0.496 e. The van der Waals surface area contributed by atoms with Crippen molar-refractivity contribution in [2.45, 2.75) is 32.6 Å². The Morgan fingerprint density at radius 2 is 2.20 bits per heavy atom. The van der Waals surface area contributed by atoms with Crippen LogP contribution in [0.4, 0.5) is 0 Å². The van der Waals surface area contributed by atoms with Gasteiger partial charge in [-0.15, -0.1) is 0 Å². The topological polar surface area (TPSA) is 9.23 Å². The molecular formula is C14H18O. The van der Waals surface area contributed by atoms with E-state index in [0.717, 1.165) is 18.6 Å². The number of ether oxygens (including phenoxy) is 1. The highest BCUT2D eigenvalue weighted by molar-refractivity contribution is 5.72. The maximum Gasteiger partial charge on any atom is 0.122 e. The minimum atomic E-state index is 1.05. The average molecular weight is 202 g/mol. The quantitative estimate of drug-likeness (QED) is 0.724. The van der Waals surface area contributed by atoms with Gasteiger partial charge in [0, 0.05) is 5.56 Å². The van der Waals surface area contributed by atoms with Crippen molar-refractivity contribution in [3.05, 3.63) is 35.4 Å².